The lowest BCUT2D eigenvalue weighted by Crippen LogP contribution is -2.62. The predicted octanol–water partition coefficient (Wildman–Crippen LogP) is -0.0565. The average Bonchev–Trinajstić information content (AvgIpc) is 1.94. The molecule has 0 saturated carbocycles. The molecule has 1 unspecified atom stereocenters. The van der Waals surface area contributed by atoms with Crippen molar-refractivity contribution in [3.63, 3.8) is 0 Å². The summed E-state index contributed by atoms with van der Waals surface area (Å²) in [6.45, 7) is 4.36. The van der Waals surface area contributed by atoms with Crippen molar-refractivity contribution >= 4 is 23.3 Å². The third-order valence-corrected chi connectivity index (χ3v) is 2.27. The van der Waals surface area contributed by atoms with Crippen molar-refractivity contribution in [2.75, 3.05) is 6.54 Å². The number of carboxylic acid groups (broad SMARTS) is 1. The van der Waals surface area contributed by atoms with E-state index in [-0.39, 0.29) is 5.41 Å². The van der Waals surface area contributed by atoms with Crippen LogP contribution in [-0.2, 0) is 4.79 Å². The molecule has 0 spiro atoms. The van der Waals surface area contributed by atoms with Crippen molar-refractivity contribution in [1.29, 1.82) is 0 Å². The van der Waals surface area contributed by atoms with Crippen molar-refractivity contribution in [2.24, 2.45) is 5.41 Å². The van der Waals surface area contributed by atoms with Crippen molar-refractivity contribution in [3.8, 4) is 0 Å². The molecule has 12 heavy (non-hydrogen) atoms. The van der Waals surface area contributed by atoms with Gasteiger partial charge in [0.15, 0.2) is 5.11 Å². The zero-order valence-corrected chi connectivity index (χ0v) is 7.86. The van der Waals surface area contributed by atoms with Crippen LogP contribution in [0.15, 0.2) is 0 Å². The van der Waals surface area contributed by atoms with Gasteiger partial charge in [0.1, 0.15) is 6.04 Å². The van der Waals surface area contributed by atoms with Gasteiger partial charge in [0.2, 0.25) is 0 Å². The second-order valence-corrected chi connectivity index (χ2v) is 4.00. The van der Waals surface area contributed by atoms with Gasteiger partial charge >= 0.3 is 5.97 Å². The monoisotopic (exact) mass is 188 g/mol. The minimum atomic E-state index is -0.858. The highest BCUT2D eigenvalue weighted by Crippen LogP contribution is 2.22. The molecule has 1 fully saturated rings. The third kappa shape index (κ3) is 1.66. The van der Waals surface area contributed by atoms with Gasteiger partial charge in [0.05, 0.1) is 0 Å². The Morgan fingerprint density at radius 2 is 2.33 bits per heavy atom. The van der Waals surface area contributed by atoms with E-state index < -0.39 is 12.0 Å². The Labute approximate surface area is 76.3 Å². The summed E-state index contributed by atoms with van der Waals surface area (Å²) in [6, 6.07) is -0.591. The zero-order chi connectivity index (χ0) is 9.35. The van der Waals surface area contributed by atoms with Gasteiger partial charge in [-0.15, -0.1) is 0 Å². The zero-order valence-electron chi connectivity index (χ0n) is 7.05. The molecule has 1 aliphatic heterocycles. The van der Waals surface area contributed by atoms with Crippen molar-refractivity contribution in [1.82, 2.24) is 10.6 Å². The Hall–Kier alpha value is -0.840. The van der Waals surface area contributed by atoms with E-state index in [1.54, 1.807) is 0 Å². The smallest absolute Gasteiger partial charge is 0.326 e. The van der Waals surface area contributed by atoms with Crippen molar-refractivity contribution < 1.29 is 9.90 Å². The average molecular weight is 188 g/mol. The highest BCUT2D eigenvalue weighted by Gasteiger charge is 2.38. The fraction of sp³-hybridized carbons (Fsp3) is 0.714. The molecule has 0 aliphatic carbocycles. The molecule has 0 aromatic rings. The number of nitrogens with one attached hydrogen (secondary N) is 2. The van der Waals surface area contributed by atoms with Crippen LogP contribution < -0.4 is 10.6 Å². The quantitative estimate of drug-likeness (QED) is 0.503. The fourth-order valence-corrected chi connectivity index (χ4v) is 1.37. The van der Waals surface area contributed by atoms with E-state index in [4.69, 9.17) is 17.3 Å². The number of aliphatic carboxylic acids is 1. The molecule has 0 bridgehead atoms. The minimum absolute atomic E-state index is 0.311. The lowest BCUT2D eigenvalue weighted by Gasteiger charge is -2.37. The van der Waals surface area contributed by atoms with E-state index in [9.17, 15) is 4.79 Å². The molecule has 1 saturated heterocycles. The molecule has 68 valence electrons. The Balaban J connectivity index is 2.78. The number of rotatable bonds is 1. The van der Waals surface area contributed by atoms with Crippen LogP contribution in [0.5, 0.6) is 0 Å². The number of hydrogen-bond donors (Lipinski definition) is 3. The first-order valence-electron chi connectivity index (χ1n) is 3.70. The summed E-state index contributed by atoms with van der Waals surface area (Å²) in [4.78, 5) is 10.8. The molecule has 1 heterocycles. The van der Waals surface area contributed by atoms with Crippen LogP contribution >= 0.6 is 12.2 Å². The summed E-state index contributed by atoms with van der Waals surface area (Å²) >= 11 is 4.82. The van der Waals surface area contributed by atoms with Crippen molar-refractivity contribution in [2.45, 2.75) is 19.9 Å². The summed E-state index contributed by atoms with van der Waals surface area (Å²) in [6.07, 6.45) is 0. The third-order valence-electron chi connectivity index (χ3n) is 2.01. The largest absolute Gasteiger partial charge is 0.480 e. The Morgan fingerprint density at radius 1 is 1.75 bits per heavy atom. The molecule has 0 amide bonds. The maximum Gasteiger partial charge on any atom is 0.326 e. The van der Waals surface area contributed by atoms with Gasteiger partial charge in [-0.05, 0) is 12.2 Å². The van der Waals surface area contributed by atoms with Crippen LogP contribution in [0.1, 0.15) is 13.8 Å². The van der Waals surface area contributed by atoms with Crippen LogP contribution in [0.3, 0.4) is 0 Å². The predicted molar refractivity (Wildman–Crippen MR) is 48.9 cm³/mol. The van der Waals surface area contributed by atoms with Crippen LogP contribution in [0.4, 0.5) is 0 Å². The number of carboxylic acids is 1. The Morgan fingerprint density at radius 3 is 2.75 bits per heavy atom. The second-order valence-electron chi connectivity index (χ2n) is 3.59. The summed E-state index contributed by atoms with van der Waals surface area (Å²) < 4.78 is 0. The van der Waals surface area contributed by atoms with Gasteiger partial charge < -0.3 is 15.7 Å². The molecule has 0 aromatic heterocycles. The molecule has 0 radical (unpaired) electrons. The molecular formula is C7H12N2O2S. The number of carbonyl (C=O) groups is 1. The topological polar surface area (TPSA) is 61.4 Å². The molecule has 0 aromatic carbocycles. The van der Waals surface area contributed by atoms with E-state index in [2.05, 4.69) is 10.6 Å². The molecule has 1 atom stereocenters. The Kier molecular flexibility index (Phi) is 2.23. The second kappa shape index (κ2) is 2.90. The maximum absolute atomic E-state index is 10.8. The lowest BCUT2D eigenvalue weighted by molar-refractivity contribution is -0.142. The summed E-state index contributed by atoms with van der Waals surface area (Å²) in [5.41, 5.74) is -0.311. The van der Waals surface area contributed by atoms with Crippen LogP contribution in [0.2, 0.25) is 0 Å². The summed E-state index contributed by atoms with van der Waals surface area (Å²) in [7, 11) is 0. The molecule has 1 aliphatic rings. The molecule has 4 nitrogen and oxygen atoms in total. The minimum Gasteiger partial charge on any atom is -0.480 e. The van der Waals surface area contributed by atoms with Crippen molar-refractivity contribution in [3.05, 3.63) is 0 Å². The molecule has 1 rings (SSSR count). The summed E-state index contributed by atoms with van der Waals surface area (Å²) in [5.74, 6) is -0.858. The van der Waals surface area contributed by atoms with Gasteiger partial charge in [-0.25, -0.2) is 4.79 Å². The van der Waals surface area contributed by atoms with Gasteiger partial charge in [0.25, 0.3) is 0 Å². The first-order chi connectivity index (χ1) is 5.43. The summed E-state index contributed by atoms with van der Waals surface area (Å²) in [5, 5.41) is 14.9. The number of thiocarbonyl (C=S) groups is 1. The standard InChI is InChI=1S/C7H12N2O2S/c1-7(2)3-8-6(12)9-4(7)5(10)11/h4H,3H2,1-2H3,(H,10,11)(H2,8,9,12). The van der Waals surface area contributed by atoms with E-state index >= 15 is 0 Å². The Bertz CT molecular complexity index is 227. The first-order valence-corrected chi connectivity index (χ1v) is 4.11. The number of hydrogen-bond acceptors (Lipinski definition) is 2. The molecule has 5 heteroatoms. The first kappa shape index (κ1) is 9.25. The SMILES string of the molecule is CC1(C)CNC(=S)NC1C(=O)O. The maximum atomic E-state index is 10.8. The van der Waals surface area contributed by atoms with Crippen LogP contribution in [-0.4, -0.2) is 28.8 Å². The van der Waals surface area contributed by atoms with E-state index in [0.717, 1.165) is 0 Å². The normalized spacial score (nSPS) is 27.2. The van der Waals surface area contributed by atoms with Gasteiger partial charge in [-0.2, -0.15) is 0 Å². The highest BCUT2D eigenvalue weighted by atomic mass is 32.1. The van der Waals surface area contributed by atoms with E-state index in [0.29, 0.717) is 11.7 Å². The molecule has 3 N–H and O–H groups in total. The van der Waals surface area contributed by atoms with Gasteiger partial charge in [0, 0.05) is 12.0 Å². The highest BCUT2D eigenvalue weighted by molar-refractivity contribution is 7.80. The van der Waals surface area contributed by atoms with Gasteiger partial charge in [-0.3, -0.25) is 0 Å². The van der Waals surface area contributed by atoms with E-state index in [1.807, 2.05) is 13.8 Å². The van der Waals surface area contributed by atoms with Gasteiger partial charge in [-0.1, -0.05) is 13.8 Å². The fourth-order valence-electron chi connectivity index (χ4n) is 1.18. The van der Waals surface area contributed by atoms with E-state index in [1.165, 1.54) is 0 Å². The van der Waals surface area contributed by atoms with Crippen LogP contribution in [0.25, 0.3) is 0 Å². The lowest BCUT2D eigenvalue weighted by atomic mass is 9.83. The van der Waals surface area contributed by atoms with Crippen LogP contribution in [0, 0.1) is 5.41 Å². The molecular weight excluding hydrogens is 176 g/mol.